The van der Waals surface area contributed by atoms with Gasteiger partial charge in [-0.15, -0.1) is 10.2 Å². The van der Waals surface area contributed by atoms with Crippen molar-refractivity contribution in [1.82, 2.24) is 20.0 Å². The number of anilines is 1. The van der Waals surface area contributed by atoms with E-state index in [9.17, 15) is 9.90 Å². The van der Waals surface area contributed by atoms with E-state index in [0.717, 1.165) is 55.4 Å². The van der Waals surface area contributed by atoms with E-state index in [2.05, 4.69) is 32.1 Å². The summed E-state index contributed by atoms with van der Waals surface area (Å²) in [4.78, 5) is 18.9. The van der Waals surface area contributed by atoms with Gasteiger partial charge in [0.25, 0.3) is 5.91 Å². The van der Waals surface area contributed by atoms with Gasteiger partial charge < -0.3 is 19.6 Å². The molecule has 0 saturated carbocycles. The molecule has 1 aliphatic rings. The summed E-state index contributed by atoms with van der Waals surface area (Å²) in [6.45, 7) is 12.1. The highest BCUT2D eigenvalue weighted by molar-refractivity contribution is 5.92. The quantitative estimate of drug-likeness (QED) is 0.486. The van der Waals surface area contributed by atoms with Crippen molar-refractivity contribution >= 4 is 11.7 Å². The van der Waals surface area contributed by atoms with Gasteiger partial charge in [-0.05, 0) is 79.9 Å². The number of phenols is 1. The molecule has 0 radical (unpaired) electrons. The van der Waals surface area contributed by atoms with Crippen LogP contribution in [0.5, 0.6) is 11.5 Å². The van der Waals surface area contributed by atoms with Crippen LogP contribution in [0.15, 0.2) is 54.6 Å². The molecule has 1 fully saturated rings. The number of phenolic OH excluding ortho intramolecular Hbond substituents is 1. The topological polar surface area (TPSA) is 82.0 Å². The fourth-order valence-corrected chi connectivity index (χ4v) is 4.53. The predicted molar refractivity (Wildman–Crippen MR) is 141 cm³/mol. The van der Waals surface area contributed by atoms with Crippen molar-refractivity contribution < 1.29 is 14.6 Å². The molecule has 0 unspecified atom stereocenters. The molecule has 1 amide bonds. The Kier molecular flexibility index (Phi) is 8.38. The highest BCUT2D eigenvalue weighted by Crippen LogP contribution is 2.29. The highest BCUT2D eigenvalue weighted by Gasteiger charge is 2.20. The van der Waals surface area contributed by atoms with Gasteiger partial charge in [0, 0.05) is 45.8 Å². The maximum Gasteiger partial charge on any atom is 0.274 e. The van der Waals surface area contributed by atoms with E-state index in [1.165, 1.54) is 5.56 Å². The zero-order valence-electron chi connectivity index (χ0n) is 21.4. The molecule has 3 aromatic rings. The SMILES string of the molecule is CCOc1cc(CN2CCN(c3ccc(C(=O)N(CC)CC)nn3)CC2)cc(-c2cccc(O)c2)c1. The number of aromatic nitrogens is 2. The van der Waals surface area contributed by atoms with Crippen molar-refractivity contribution in [1.29, 1.82) is 0 Å². The first-order valence-corrected chi connectivity index (χ1v) is 12.7. The number of ether oxygens (including phenoxy) is 1. The fourth-order valence-electron chi connectivity index (χ4n) is 4.53. The largest absolute Gasteiger partial charge is 0.508 e. The van der Waals surface area contributed by atoms with Gasteiger partial charge in [0.2, 0.25) is 0 Å². The Morgan fingerprint density at radius 1 is 0.944 bits per heavy atom. The Bertz CT molecular complexity index is 1160. The van der Waals surface area contributed by atoms with Gasteiger partial charge in [0.05, 0.1) is 6.61 Å². The minimum Gasteiger partial charge on any atom is -0.508 e. The third-order valence-electron chi connectivity index (χ3n) is 6.48. The van der Waals surface area contributed by atoms with Crippen molar-refractivity contribution in [2.24, 2.45) is 0 Å². The summed E-state index contributed by atoms with van der Waals surface area (Å²) in [5.41, 5.74) is 3.55. The summed E-state index contributed by atoms with van der Waals surface area (Å²) < 4.78 is 5.83. The molecule has 1 N–H and O–H groups in total. The second kappa shape index (κ2) is 11.9. The zero-order valence-corrected chi connectivity index (χ0v) is 21.4. The van der Waals surface area contributed by atoms with Gasteiger partial charge in [-0.25, -0.2) is 0 Å². The molecule has 2 aromatic carbocycles. The van der Waals surface area contributed by atoms with E-state index in [1.807, 2.05) is 45.0 Å². The summed E-state index contributed by atoms with van der Waals surface area (Å²) >= 11 is 0. The summed E-state index contributed by atoms with van der Waals surface area (Å²) in [6, 6.07) is 17.3. The van der Waals surface area contributed by atoms with Crippen molar-refractivity contribution in [2.75, 3.05) is 50.8 Å². The molecule has 36 heavy (non-hydrogen) atoms. The van der Waals surface area contributed by atoms with Gasteiger partial charge in [0.1, 0.15) is 11.5 Å². The first-order valence-electron chi connectivity index (χ1n) is 12.7. The Balaban J connectivity index is 1.40. The number of carbonyl (C=O) groups is 1. The van der Waals surface area contributed by atoms with Crippen molar-refractivity contribution in [2.45, 2.75) is 27.3 Å². The van der Waals surface area contributed by atoms with E-state index in [4.69, 9.17) is 4.74 Å². The maximum absolute atomic E-state index is 12.5. The first kappa shape index (κ1) is 25.4. The van der Waals surface area contributed by atoms with E-state index < -0.39 is 0 Å². The number of rotatable bonds is 9. The molecule has 0 bridgehead atoms. The zero-order chi connectivity index (χ0) is 25.5. The van der Waals surface area contributed by atoms with E-state index in [-0.39, 0.29) is 11.7 Å². The van der Waals surface area contributed by atoms with E-state index >= 15 is 0 Å². The highest BCUT2D eigenvalue weighted by atomic mass is 16.5. The average Bonchev–Trinajstić information content (AvgIpc) is 2.90. The molecule has 0 aliphatic carbocycles. The van der Waals surface area contributed by atoms with Crippen molar-refractivity contribution in [3.63, 3.8) is 0 Å². The summed E-state index contributed by atoms with van der Waals surface area (Å²) in [5, 5.41) is 18.5. The number of hydrogen-bond donors (Lipinski definition) is 1. The Hall–Kier alpha value is -3.65. The standard InChI is InChI=1S/C28H35N5O3/c1-4-32(5-2)28(35)26-10-11-27(30-29-26)33-14-12-31(13-15-33)20-21-16-23(19-25(17-21)36-6-3)22-8-7-9-24(34)18-22/h7-11,16-19,34H,4-6,12-15,20H2,1-3H3. The van der Waals surface area contributed by atoms with Crippen LogP contribution in [-0.2, 0) is 6.54 Å². The minimum atomic E-state index is -0.0803. The molecule has 1 aromatic heterocycles. The Labute approximate surface area is 213 Å². The molecular weight excluding hydrogens is 454 g/mol. The number of aromatic hydroxyl groups is 1. The maximum atomic E-state index is 12.5. The number of piperazine rings is 1. The third-order valence-corrected chi connectivity index (χ3v) is 6.48. The van der Waals surface area contributed by atoms with Crippen LogP contribution in [0.4, 0.5) is 5.82 Å². The molecule has 8 heteroatoms. The van der Waals surface area contributed by atoms with Gasteiger partial charge in [-0.1, -0.05) is 12.1 Å². The molecular formula is C28H35N5O3. The van der Waals surface area contributed by atoms with Crippen LogP contribution in [0.1, 0.15) is 36.8 Å². The number of amides is 1. The number of carbonyl (C=O) groups excluding carboxylic acids is 1. The van der Waals surface area contributed by atoms with Gasteiger partial charge >= 0.3 is 0 Å². The molecule has 4 rings (SSSR count). The molecule has 8 nitrogen and oxygen atoms in total. The van der Waals surface area contributed by atoms with Crippen molar-refractivity contribution in [3.05, 3.63) is 65.9 Å². The normalized spacial score (nSPS) is 14.0. The Morgan fingerprint density at radius 3 is 2.36 bits per heavy atom. The van der Waals surface area contributed by atoms with E-state index in [0.29, 0.717) is 25.4 Å². The monoisotopic (exact) mass is 489 g/mol. The minimum absolute atomic E-state index is 0.0803. The lowest BCUT2D eigenvalue weighted by atomic mass is 10.0. The number of benzene rings is 2. The third kappa shape index (κ3) is 6.12. The number of hydrogen-bond acceptors (Lipinski definition) is 7. The summed E-state index contributed by atoms with van der Waals surface area (Å²) in [5.74, 6) is 1.81. The molecule has 2 heterocycles. The van der Waals surface area contributed by atoms with Crippen LogP contribution >= 0.6 is 0 Å². The lowest BCUT2D eigenvalue weighted by Crippen LogP contribution is -2.46. The van der Waals surface area contributed by atoms with Crippen molar-refractivity contribution in [3.8, 4) is 22.6 Å². The van der Waals surface area contributed by atoms with Crippen LogP contribution in [0.3, 0.4) is 0 Å². The molecule has 190 valence electrons. The molecule has 0 spiro atoms. The van der Waals surface area contributed by atoms with Crippen LogP contribution in [0, 0.1) is 0 Å². The van der Waals surface area contributed by atoms with Gasteiger partial charge in [-0.2, -0.15) is 0 Å². The van der Waals surface area contributed by atoms with Crippen LogP contribution in [0.25, 0.3) is 11.1 Å². The van der Waals surface area contributed by atoms with Gasteiger partial charge in [0.15, 0.2) is 11.5 Å². The summed E-state index contributed by atoms with van der Waals surface area (Å²) in [6.07, 6.45) is 0. The van der Waals surface area contributed by atoms with Crippen LogP contribution < -0.4 is 9.64 Å². The molecule has 0 atom stereocenters. The lowest BCUT2D eigenvalue weighted by Gasteiger charge is -2.35. The first-order chi connectivity index (χ1) is 17.5. The number of nitrogens with zero attached hydrogens (tertiary/aromatic N) is 5. The second-order valence-corrected chi connectivity index (χ2v) is 8.87. The van der Waals surface area contributed by atoms with Crippen LogP contribution in [0.2, 0.25) is 0 Å². The van der Waals surface area contributed by atoms with E-state index in [1.54, 1.807) is 23.1 Å². The second-order valence-electron chi connectivity index (χ2n) is 8.87. The Morgan fingerprint density at radius 2 is 1.72 bits per heavy atom. The molecule has 1 aliphatic heterocycles. The smallest absolute Gasteiger partial charge is 0.274 e. The predicted octanol–water partition coefficient (Wildman–Crippen LogP) is 4.05. The molecule has 1 saturated heterocycles. The summed E-state index contributed by atoms with van der Waals surface area (Å²) in [7, 11) is 0. The average molecular weight is 490 g/mol. The van der Waals surface area contributed by atoms with Crippen LogP contribution in [-0.4, -0.2) is 76.9 Å². The fraction of sp³-hybridized carbons (Fsp3) is 0.393. The lowest BCUT2D eigenvalue weighted by molar-refractivity contribution is 0.0766. The van der Waals surface area contributed by atoms with Gasteiger partial charge in [-0.3, -0.25) is 9.69 Å².